The van der Waals surface area contributed by atoms with Gasteiger partial charge in [-0.25, -0.2) is 0 Å². The van der Waals surface area contributed by atoms with Crippen LogP contribution >= 0.6 is 0 Å². The third-order valence-electron chi connectivity index (χ3n) is 2.52. The zero-order valence-corrected chi connectivity index (χ0v) is 9.67. The average Bonchev–Trinajstić information content (AvgIpc) is 2.40. The van der Waals surface area contributed by atoms with Crippen molar-refractivity contribution < 1.29 is 5.11 Å². The Balaban J connectivity index is 2.10. The second kappa shape index (κ2) is 5.41. The third kappa shape index (κ3) is 3.01. The molecule has 0 aliphatic rings. The molecule has 1 unspecified atom stereocenters. The summed E-state index contributed by atoms with van der Waals surface area (Å²) in [5.74, 6) is 0. The molecule has 17 heavy (non-hydrogen) atoms. The number of anilines is 1. The molecule has 2 N–H and O–H groups in total. The van der Waals surface area contributed by atoms with Gasteiger partial charge in [0.05, 0.1) is 24.5 Å². The molecule has 0 bridgehead atoms. The molecular formula is C13H15N3O. The number of benzene rings is 1. The van der Waals surface area contributed by atoms with Crippen LogP contribution in [0.3, 0.4) is 0 Å². The van der Waals surface area contributed by atoms with Crippen molar-refractivity contribution in [3.05, 3.63) is 54.1 Å². The summed E-state index contributed by atoms with van der Waals surface area (Å²) in [6, 6.07) is 7.77. The zero-order valence-electron chi connectivity index (χ0n) is 9.67. The normalized spacial score (nSPS) is 12.1. The van der Waals surface area contributed by atoms with Gasteiger partial charge in [0.15, 0.2) is 0 Å². The molecule has 0 saturated carbocycles. The highest BCUT2D eigenvalue weighted by Gasteiger charge is 2.06. The first-order valence-electron chi connectivity index (χ1n) is 5.52. The van der Waals surface area contributed by atoms with E-state index in [-0.39, 0.29) is 12.6 Å². The summed E-state index contributed by atoms with van der Waals surface area (Å²) >= 11 is 0. The number of nitrogens with one attached hydrogen (secondary N) is 1. The Labute approximate surface area is 100 Å². The molecule has 0 aliphatic heterocycles. The lowest BCUT2D eigenvalue weighted by Gasteiger charge is -2.14. The minimum Gasteiger partial charge on any atom is -0.392 e. The van der Waals surface area contributed by atoms with E-state index in [1.165, 1.54) is 0 Å². The van der Waals surface area contributed by atoms with Crippen molar-refractivity contribution in [3.63, 3.8) is 0 Å². The Morgan fingerprint density at radius 2 is 2.24 bits per heavy atom. The predicted molar refractivity (Wildman–Crippen MR) is 66.4 cm³/mol. The summed E-state index contributed by atoms with van der Waals surface area (Å²) in [6.07, 6.45) is 5.08. The maximum absolute atomic E-state index is 9.06. The van der Waals surface area contributed by atoms with Gasteiger partial charge in [-0.3, -0.25) is 9.97 Å². The van der Waals surface area contributed by atoms with E-state index < -0.39 is 0 Å². The van der Waals surface area contributed by atoms with Crippen LogP contribution in [0.25, 0.3) is 0 Å². The van der Waals surface area contributed by atoms with E-state index in [9.17, 15) is 0 Å². The van der Waals surface area contributed by atoms with Crippen LogP contribution in [-0.2, 0) is 6.61 Å². The van der Waals surface area contributed by atoms with Crippen molar-refractivity contribution in [2.24, 2.45) is 0 Å². The van der Waals surface area contributed by atoms with Crippen LogP contribution in [0.15, 0.2) is 42.9 Å². The fraction of sp³-hybridized carbons (Fsp3) is 0.231. The van der Waals surface area contributed by atoms with E-state index in [1.807, 2.05) is 31.2 Å². The summed E-state index contributed by atoms with van der Waals surface area (Å²) in [5, 5.41) is 12.4. The largest absolute Gasteiger partial charge is 0.392 e. The highest BCUT2D eigenvalue weighted by Crippen LogP contribution is 2.17. The maximum atomic E-state index is 9.06. The van der Waals surface area contributed by atoms with Crippen molar-refractivity contribution >= 4 is 5.69 Å². The molecule has 1 aromatic carbocycles. The fourth-order valence-corrected chi connectivity index (χ4v) is 1.62. The van der Waals surface area contributed by atoms with E-state index in [4.69, 9.17) is 5.11 Å². The molecule has 4 heteroatoms. The quantitative estimate of drug-likeness (QED) is 0.843. The Morgan fingerprint density at radius 3 is 2.94 bits per heavy atom. The molecule has 1 aromatic heterocycles. The van der Waals surface area contributed by atoms with E-state index in [0.29, 0.717) is 0 Å². The van der Waals surface area contributed by atoms with E-state index in [1.54, 1.807) is 18.6 Å². The van der Waals surface area contributed by atoms with E-state index in [2.05, 4.69) is 15.3 Å². The molecule has 0 fully saturated rings. The smallest absolute Gasteiger partial charge is 0.0806 e. The first-order chi connectivity index (χ1) is 8.29. The molecule has 1 heterocycles. The van der Waals surface area contributed by atoms with Crippen LogP contribution < -0.4 is 5.32 Å². The number of aliphatic hydroxyl groups is 1. The summed E-state index contributed by atoms with van der Waals surface area (Å²) in [4.78, 5) is 8.28. The van der Waals surface area contributed by atoms with Crippen LogP contribution in [0.2, 0.25) is 0 Å². The predicted octanol–water partition coefficient (Wildman–Crippen LogP) is 2.14. The standard InChI is InChI=1S/C13H15N3O/c1-10(13-8-14-5-6-15-13)16-12-4-2-3-11(7-12)9-17/h2-8,10,16-17H,9H2,1H3. The zero-order chi connectivity index (χ0) is 12.1. The molecule has 0 saturated heterocycles. The molecule has 1 atom stereocenters. The third-order valence-corrected chi connectivity index (χ3v) is 2.52. The lowest BCUT2D eigenvalue weighted by Crippen LogP contribution is -2.08. The summed E-state index contributed by atoms with van der Waals surface area (Å²) in [7, 11) is 0. The van der Waals surface area contributed by atoms with E-state index in [0.717, 1.165) is 16.9 Å². The second-order valence-corrected chi connectivity index (χ2v) is 3.85. The number of aliphatic hydroxyl groups excluding tert-OH is 1. The lowest BCUT2D eigenvalue weighted by molar-refractivity contribution is 0.282. The Hall–Kier alpha value is -1.94. The molecular weight excluding hydrogens is 214 g/mol. The Bertz CT molecular complexity index is 473. The summed E-state index contributed by atoms with van der Waals surface area (Å²) in [6.45, 7) is 2.07. The van der Waals surface area contributed by atoms with Gasteiger partial charge in [-0.1, -0.05) is 12.1 Å². The number of hydrogen-bond donors (Lipinski definition) is 2. The SMILES string of the molecule is CC(Nc1cccc(CO)c1)c1cnccn1. The minimum atomic E-state index is 0.0506. The van der Waals surface area contributed by atoms with Crippen molar-refractivity contribution in [2.75, 3.05) is 5.32 Å². The monoisotopic (exact) mass is 229 g/mol. The summed E-state index contributed by atoms with van der Waals surface area (Å²) < 4.78 is 0. The van der Waals surface area contributed by atoms with Crippen molar-refractivity contribution in [3.8, 4) is 0 Å². The van der Waals surface area contributed by atoms with Gasteiger partial charge in [0.1, 0.15) is 0 Å². The number of hydrogen-bond acceptors (Lipinski definition) is 4. The molecule has 2 rings (SSSR count). The van der Waals surface area contributed by atoms with Crippen LogP contribution in [-0.4, -0.2) is 15.1 Å². The molecule has 0 amide bonds. The van der Waals surface area contributed by atoms with Gasteiger partial charge < -0.3 is 10.4 Å². The molecule has 0 aliphatic carbocycles. The maximum Gasteiger partial charge on any atom is 0.0806 e. The fourth-order valence-electron chi connectivity index (χ4n) is 1.62. The Morgan fingerprint density at radius 1 is 1.35 bits per heavy atom. The number of aromatic nitrogens is 2. The van der Waals surface area contributed by atoms with Crippen molar-refractivity contribution in [2.45, 2.75) is 19.6 Å². The van der Waals surface area contributed by atoms with Gasteiger partial charge in [-0.05, 0) is 24.6 Å². The molecule has 4 nitrogen and oxygen atoms in total. The van der Waals surface area contributed by atoms with Crippen LogP contribution in [0.1, 0.15) is 24.2 Å². The molecule has 0 radical (unpaired) electrons. The van der Waals surface area contributed by atoms with Gasteiger partial charge in [0, 0.05) is 18.1 Å². The Kier molecular flexibility index (Phi) is 3.67. The van der Waals surface area contributed by atoms with Gasteiger partial charge in [-0.2, -0.15) is 0 Å². The van der Waals surface area contributed by atoms with Crippen LogP contribution in [0.5, 0.6) is 0 Å². The lowest BCUT2D eigenvalue weighted by atomic mass is 10.2. The molecule has 88 valence electrons. The summed E-state index contributed by atoms with van der Waals surface area (Å²) in [5.41, 5.74) is 2.75. The first-order valence-corrected chi connectivity index (χ1v) is 5.52. The highest BCUT2D eigenvalue weighted by atomic mass is 16.3. The highest BCUT2D eigenvalue weighted by molar-refractivity contribution is 5.46. The topological polar surface area (TPSA) is 58.0 Å². The van der Waals surface area contributed by atoms with Crippen molar-refractivity contribution in [1.82, 2.24) is 9.97 Å². The van der Waals surface area contributed by atoms with Crippen LogP contribution in [0, 0.1) is 0 Å². The number of rotatable bonds is 4. The van der Waals surface area contributed by atoms with Gasteiger partial charge in [0.25, 0.3) is 0 Å². The van der Waals surface area contributed by atoms with Gasteiger partial charge in [-0.15, -0.1) is 0 Å². The number of nitrogens with zero attached hydrogens (tertiary/aromatic N) is 2. The van der Waals surface area contributed by atoms with Gasteiger partial charge >= 0.3 is 0 Å². The van der Waals surface area contributed by atoms with Gasteiger partial charge in [0.2, 0.25) is 0 Å². The van der Waals surface area contributed by atoms with E-state index >= 15 is 0 Å². The second-order valence-electron chi connectivity index (χ2n) is 3.85. The molecule has 0 spiro atoms. The average molecular weight is 229 g/mol. The first kappa shape index (κ1) is 11.5. The van der Waals surface area contributed by atoms with Crippen LogP contribution in [0.4, 0.5) is 5.69 Å². The van der Waals surface area contributed by atoms with Crippen molar-refractivity contribution in [1.29, 1.82) is 0 Å². The minimum absolute atomic E-state index is 0.0506. The molecule has 2 aromatic rings.